The molecule has 2 N–H and O–H groups in total. The van der Waals surface area contributed by atoms with Crippen molar-refractivity contribution in [1.82, 2.24) is 9.55 Å². The summed E-state index contributed by atoms with van der Waals surface area (Å²) in [7, 11) is 0. The minimum Gasteiger partial charge on any atom is -0.457 e. The van der Waals surface area contributed by atoms with Crippen molar-refractivity contribution in [2.24, 2.45) is 5.73 Å². The number of hydrogen-bond acceptors (Lipinski definition) is 3. The molecule has 2 heterocycles. The first kappa shape index (κ1) is 18.5. The quantitative estimate of drug-likeness (QED) is 0.531. The number of hydrogen-bond donors (Lipinski definition) is 1. The molecule has 0 aliphatic heterocycles. The molecular formula is C21H14F3N3O2. The second-order valence-corrected chi connectivity index (χ2v) is 6.29. The highest BCUT2D eigenvalue weighted by molar-refractivity contribution is 6.06. The van der Waals surface area contributed by atoms with Gasteiger partial charge in [-0.3, -0.25) is 9.78 Å². The predicted octanol–water partition coefficient (Wildman–Crippen LogP) is 4.94. The van der Waals surface area contributed by atoms with Crippen LogP contribution in [0.4, 0.5) is 13.2 Å². The predicted molar refractivity (Wildman–Crippen MR) is 101 cm³/mol. The molecule has 0 fully saturated rings. The molecule has 0 atom stereocenters. The van der Waals surface area contributed by atoms with Crippen molar-refractivity contribution >= 4 is 16.8 Å². The minimum absolute atomic E-state index is 0.289. The average molecular weight is 397 g/mol. The zero-order valence-electron chi connectivity index (χ0n) is 14.9. The fraction of sp³-hybridized carbons (Fsp3) is 0.0476. The second kappa shape index (κ2) is 6.97. The molecule has 2 aromatic heterocycles. The highest BCUT2D eigenvalue weighted by atomic mass is 19.4. The number of aromatic nitrogens is 2. The van der Waals surface area contributed by atoms with Crippen molar-refractivity contribution in [3.63, 3.8) is 0 Å². The van der Waals surface area contributed by atoms with Crippen molar-refractivity contribution in [3.05, 3.63) is 84.3 Å². The number of halogens is 3. The SMILES string of the molecule is NC(=O)c1cn(-c2ccc(Oc3ccc(C(F)(F)F)cc3)cc2)c2cnccc12. The molecule has 0 bridgehead atoms. The average Bonchev–Trinajstić information content (AvgIpc) is 3.08. The number of carbonyl (C=O) groups is 1. The van der Waals surface area contributed by atoms with Crippen LogP contribution in [0.25, 0.3) is 16.6 Å². The van der Waals surface area contributed by atoms with E-state index in [2.05, 4.69) is 4.98 Å². The lowest BCUT2D eigenvalue weighted by molar-refractivity contribution is -0.137. The Kier molecular flexibility index (Phi) is 4.46. The van der Waals surface area contributed by atoms with Crippen molar-refractivity contribution in [2.75, 3.05) is 0 Å². The summed E-state index contributed by atoms with van der Waals surface area (Å²) in [5, 5.41) is 0.692. The van der Waals surface area contributed by atoms with Gasteiger partial charge in [0, 0.05) is 23.5 Å². The number of primary amides is 1. The standard InChI is InChI=1S/C21H14F3N3O2/c22-21(23,24)13-1-5-15(6-2-13)29-16-7-3-14(4-8-16)27-12-18(20(25)28)17-9-10-26-11-19(17)27/h1-12H,(H2,25,28). The van der Waals surface area contributed by atoms with Crippen LogP contribution in [0.3, 0.4) is 0 Å². The zero-order chi connectivity index (χ0) is 20.6. The van der Waals surface area contributed by atoms with Crippen molar-refractivity contribution < 1.29 is 22.7 Å². The normalized spacial score (nSPS) is 11.6. The Labute approximate surface area is 163 Å². The van der Waals surface area contributed by atoms with Gasteiger partial charge in [-0.15, -0.1) is 0 Å². The summed E-state index contributed by atoms with van der Waals surface area (Å²) in [6.07, 6.45) is 0.466. The number of ether oxygens (including phenoxy) is 1. The van der Waals surface area contributed by atoms with Crippen molar-refractivity contribution in [2.45, 2.75) is 6.18 Å². The molecule has 0 unspecified atom stereocenters. The number of carbonyl (C=O) groups excluding carboxylic acids is 1. The van der Waals surface area contributed by atoms with Crippen LogP contribution < -0.4 is 10.5 Å². The molecule has 0 aliphatic rings. The number of benzene rings is 2. The maximum Gasteiger partial charge on any atom is 0.416 e. The third kappa shape index (κ3) is 3.64. The van der Waals surface area contributed by atoms with Gasteiger partial charge in [0.2, 0.25) is 0 Å². The van der Waals surface area contributed by atoms with E-state index in [4.69, 9.17) is 10.5 Å². The number of nitrogens with two attached hydrogens (primary N) is 1. The molecule has 5 nitrogen and oxygen atoms in total. The Bertz CT molecular complexity index is 1180. The molecule has 0 saturated heterocycles. The first-order chi connectivity index (χ1) is 13.8. The van der Waals surface area contributed by atoms with Crippen LogP contribution in [0.1, 0.15) is 15.9 Å². The third-order valence-electron chi connectivity index (χ3n) is 4.41. The molecule has 0 aliphatic carbocycles. The Morgan fingerprint density at radius 1 is 0.966 bits per heavy atom. The van der Waals surface area contributed by atoms with Crippen LogP contribution in [0.2, 0.25) is 0 Å². The lowest BCUT2D eigenvalue weighted by Gasteiger charge is -2.10. The van der Waals surface area contributed by atoms with Crippen LogP contribution >= 0.6 is 0 Å². The number of rotatable bonds is 4. The highest BCUT2D eigenvalue weighted by Gasteiger charge is 2.30. The number of fused-ring (bicyclic) bond motifs is 1. The van der Waals surface area contributed by atoms with Crippen LogP contribution in [0, 0.1) is 0 Å². The Hall–Kier alpha value is -3.81. The Morgan fingerprint density at radius 3 is 2.17 bits per heavy atom. The molecule has 0 radical (unpaired) electrons. The van der Waals surface area contributed by atoms with Crippen molar-refractivity contribution in [3.8, 4) is 17.2 Å². The molecule has 0 spiro atoms. The van der Waals surface area contributed by atoms with Gasteiger partial charge in [-0.1, -0.05) is 0 Å². The molecule has 0 saturated carbocycles. The summed E-state index contributed by atoms with van der Waals surface area (Å²) in [5.41, 5.74) is 6.57. The van der Waals surface area contributed by atoms with Gasteiger partial charge in [-0.25, -0.2) is 0 Å². The van der Waals surface area contributed by atoms with Crippen LogP contribution in [0.15, 0.2) is 73.2 Å². The van der Waals surface area contributed by atoms with Gasteiger partial charge in [-0.2, -0.15) is 13.2 Å². The number of amides is 1. The molecule has 4 rings (SSSR count). The van der Waals surface area contributed by atoms with E-state index in [9.17, 15) is 18.0 Å². The maximum atomic E-state index is 12.6. The fourth-order valence-electron chi connectivity index (χ4n) is 3.01. The fourth-order valence-corrected chi connectivity index (χ4v) is 3.01. The van der Waals surface area contributed by atoms with E-state index in [1.807, 2.05) is 0 Å². The van der Waals surface area contributed by atoms with Crippen LogP contribution in [-0.2, 0) is 6.18 Å². The summed E-state index contributed by atoms with van der Waals surface area (Å²) in [6.45, 7) is 0. The largest absolute Gasteiger partial charge is 0.457 e. The summed E-state index contributed by atoms with van der Waals surface area (Å²) >= 11 is 0. The first-order valence-electron chi connectivity index (χ1n) is 8.53. The van der Waals surface area contributed by atoms with E-state index in [-0.39, 0.29) is 5.75 Å². The molecule has 2 aromatic carbocycles. The lowest BCUT2D eigenvalue weighted by atomic mass is 10.2. The summed E-state index contributed by atoms with van der Waals surface area (Å²) < 4.78 is 45.3. The van der Waals surface area contributed by atoms with E-state index in [1.54, 1.807) is 53.5 Å². The van der Waals surface area contributed by atoms with Gasteiger partial charge < -0.3 is 15.0 Å². The summed E-state index contributed by atoms with van der Waals surface area (Å²) in [4.78, 5) is 15.8. The van der Waals surface area contributed by atoms with Crippen molar-refractivity contribution in [1.29, 1.82) is 0 Å². The lowest BCUT2D eigenvalue weighted by Crippen LogP contribution is -2.10. The number of pyridine rings is 1. The monoisotopic (exact) mass is 397 g/mol. The Morgan fingerprint density at radius 2 is 1.59 bits per heavy atom. The van der Waals surface area contributed by atoms with Gasteiger partial charge >= 0.3 is 6.18 Å². The van der Waals surface area contributed by atoms with Gasteiger partial charge in [0.15, 0.2) is 0 Å². The van der Waals surface area contributed by atoms with E-state index >= 15 is 0 Å². The van der Waals surface area contributed by atoms with Gasteiger partial charge in [0.05, 0.1) is 22.8 Å². The summed E-state index contributed by atoms with van der Waals surface area (Å²) in [6, 6.07) is 13.1. The van der Waals surface area contributed by atoms with E-state index in [0.29, 0.717) is 16.7 Å². The minimum atomic E-state index is -4.39. The summed E-state index contributed by atoms with van der Waals surface area (Å²) in [5.74, 6) is 0.206. The third-order valence-corrected chi connectivity index (χ3v) is 4.41. The molecule has 29 heavy (non-hydrogen) atoms. The van der Waals surface area contributed by atoms with Gasteiger partial charge in [0.25, 0.3) is 5.91 Å². The Balaban J connectivity index is 1.60. The van der Waals surface area contributed by atoms with E-state index < -0.39 is 17.6 Å². The topological polar surface area (TPSA) is 70.1 Å². The van der Waals surface area contributed by atoms with Gasteiger partial charge in [-0.05, 0) is 54.6 Å². The molecule has 8 heteroatoms. The molecular weight excluding hydrogens is 383 g/mol. The number of nitrogens with zero attached hydrogens (tertiary/aromatic N) is 2. The second-order valence-electron chi connectivity index (χ2n) is 6.29. The van der Waals surface area contributed by atoms with Crippen LogP contribution in [0.5, 0.6) is 11.5 Å². The molecule has 4 aromatic rings. The smallest absolute Gasteiger partial charge is 0.416 e. The maximum absolute atomic E-state index is 12.6. The van der Waals surface area contributed by atoms with E-state index in [0.717, 1.165) is 23.3 Å². The van der Waals surface area contributed by atoms with Crippen LogP contribution in [-0.4, -0.2) is 15.5 Å². The molecule has 146 valence electrons. The van der Waals surface area contributed by atoms with E-state index in [1.165, 1.54) is 12.1 Å². The molecule has 1 amide bonds. The zero-order valence-corrected chi connectivity index (χ0v) is 14.9. The number of alkyl halides is 3. The van der Waals surface area contributed by atoms with Gasteiger partial charge in [0.1, 0.15) is 11.5 Å². The first-order valence-corrected chi connectivity index (χ1v) is 8.53. The highest BCUT2D eigenvalue weighted by Crippen LogP contribution is 2.32.